The number of terminal acetylenes is 1. The summed E-state index contributed by atoms with van der Waals surface area (Å²) < 4.78 is 85.2. The average Bonchev–Trinajstić information content (AvgIpc) is 3.48. The van der Waals surface area contributed by atoms with Crippen molar-refractivity contribution in [3.63, 3.8) is 0 Å². The number of piperazine rings is 1. The summed E-state index contributed by atoms with van der Waals surface area (Å²) in [5.74, 6) is 1.03. The molecule has 11 heteroatoms. The van der Waals surface area contributed by atoms with Crippen LogP contribution < -0.4 is 15.0 Å². The molecule has 5 aliphatic heterocycles. The summed E-state index contributed by atoms with van der Waals surface area (Å²) in [4.78, 5) is 17.1. The number of aromatic nitrogens is 3. The fourth-order valence-corrected chi connectivity index (χ4v) is 7.31. The number of ether oxygens (including phenoxy) is 1. The normalized spacial score (nSPS) is 30.4. The van der Waals surface area contributed by atoms with Gasteiger partial charge in [-0.2, -0.15) is 9.97 Å². The molecule has 0 amide bonds. The maximum Gasteiger partial charge on any atom is 0.319 e. The molecule has 2 bridgehead atoms. The molecule has 4 aromatic rings. The van der Waals surface area contributed by atoms with Gasteiger partial charge in [-0.25, -0.2) is 13.2 Å². The number of nitrogens with zero attached hydrogens (tertiary/aromatic N) is 5. The Hall–Kier alpha value is -4.14. The van der Waals surface area contributed by atoms with Crippen molar-refractivity contribution in [1.29, 1.82) is 0 Å². The smallest absolute Gasteiger partial charge is 0.319 e. The van der Waals surface area contributed by atoms with Gasteiger partial charge in [-0.15, -0.1) is 6.40 Å². The minimum atomic E-state index is -2.36. The molecule has 44 heavy (non-hydrogen) atoms. The Balaban J connectivity index is 1.28. The lowest BCUT2D eigenvalue weighted by Crippen LogP contribution is -2.61. The highest BCUT2D eigenvalue weighted by atomic mass is 19.1. The summed E-state index contributed by atoms with van der Waals surface area (Å²) in [7, 11) is 0. The van der Waals surface area contributed by atoms with Crippen molar-refractivity contribution >= 4 is 27.5 Å². The summed E-state index contributed by atoms with van der Waals surface area (Å²) in [5.41, 5.74) is -1.57. The summed E-state index contributed by atoms with van der Waals surface area (Å²) in [5, 5.41) is 14.9. The Bertz CT molecular complexity index is 2050. The van der Waals surface area contributed by atoms with Crippen LogP contribution in [0.4, 0.5) is 19.0 Å². The maximum absolute atomic E-state index is 16.9. The summed E-state index contributed by atoms with van der Waals surface area (Å²) in [6.07, 6.45) is 3.07. The van der Waals surface area contributed by atoms with E-state index < -0.39 is 36.4 Å². The van der Waals surface area contributed by atoms with Crippen molar-refractivity contribution in [3.05, 3.63) is 47.7 Å². The van der Waals surface area contributed by atoms with Gasteiger partial charge in [0, 0.05) is 58.0 Å². The highest BCUT2D eigenvalue weighted by Gasteiger charge is 2.49. The van der Waals surface area contributed by atoms with Crippen molar-refractivity contribution in [2.75, 3.05) is 37.6 Å². The molecule has 8 nitrogen and oxygen atoms in total. The van der Waals surface area contributed by atoms with Gasteiger partial charge in [0.2, 0.25) is 0 Å². The number of pyridine rings is 1. The number of hydrogen-bond donors (Lipinski definition) is 2. The van der Waals surface area contributed by atoms with Gasteiger partial charge in [0.1, 0.15) is 42.7 Å². The van der Waals surface area contributed by atoms with Crippen LogP contribution in [0.25, 0.3) is 32.9 Å². The number of fused-ring (bicyclic) bond motifs is 6. The van der Waals surface area contributed by atoms with Gasteiger partial charge in [0.25, 0.3) is 0 Å². The van der Waals surface area contributed by atoms with Gasteiger partial charge < -0.3 is 20.1 Å². The predicted molar refractivity (Wildman–Crippen MR) is 160 cm³/mol. The van der Waals surface area contributed by atoms with Crippen LogP contribution in [-0.4, -0.2) is 81.5 Å². The Kier molecular flexibility index (Phi) is 5.40. The average molecular weight is 605 g/mol. The molecule has 0 aliphatic carbocycles. The number of benzene rings is 2. The van der Waals surface area contributed by atoms with Crippen molar-refractivity contribution in [2.45, 2.75) is 55.9 Å². The van der Waals surface area contributed by atoms with E-state index in [9.17, 15) is 13.9 Å². The highest BCUT2D eigenvalue weighted by molar-refractivity contribution is 6.03. The molecule has 7 heterocycles. The molecule has 9 rings (SSSR count). The highest BCUT2D eigenvalue weighted by Crippen LogP contribution is 2.42. The van der Waals surface area contributed by atoms with Crippen LogP contribution in [0.15, 0.2) is 30.5 Å². The fourth-order valence-electron chi connectivity index (χ4n) is 7.31. The SMILES string of the molecule is [2H]C#Cc1c(F)ccc2cc(O)cc(-c3ncc4c(N5CC6CCC5CN6)nc(OC[C@]56CCC([2H])([2H])N5C[C@@]([2H])(F)C6)nc4c3F)c12. The van der Waals surface area contributed by atoms with Gasteiger partial charge in [0.15, 0.2) is 5.82 Å². The zero-order chi connectivity index (χ0) is 33.6. The molecule has 0 spiro atoms. The van der Waals surface area contributed by atoms with Crippen LogP contribution in [0.1, 0.15) is 43.2 Å². The number of aromatic hydroxyl groups is 1. The van der Waals surface area contributed by atoms with Gasteiger partial charge >= 0.3 is 6.01 Å². The van der Waals surface area contributed by atoms with Gasteiger partial charge in [-0.3, -0.25) is 9.88 Å². The first-order valence-electron chi connectivity index (χ1n) is 16.7. The first-order valence-corrected chi connectivity index (χ1v) is 14.7. The lowest BCUT2D eigenvalue weighted by molar-refractivity contribution is 0.107. The Morgan fingerprint density at radius 1 is 1.27 bits per heavy atom. The molecule has 0 saturated carbocycles. The summed E-state index contributed by atoms with van der Waals surface area (Å²) in [6.45, 7) is -1.11. The Morgan fingerprint density at radius 2 is 2.18 bits per heavy atom. The predicted octanol–water partition coefficient (Wildman–Crippen LogP) is 4.71. The van der Waals surface area contributed by atoms with E-state index in [1.165, 1.54) is 29.3 Å². The van der Waals surface area contributed by atoms with Crippen LogP contribution in [0.3, 0.4) is 0 Å². The van der Waals surface area contributed by atoms with E-state index in [4.69, 9.17) is 15.2 Å². The topological polar surface area (TPSA) is 86.6 Å². The van der Waals surface area contributed by atoms with Crippen molar-refractivity contribution in [2.24, 2.45) is 0 Å². The number of nitrogens with one attached hydrogen (secondary N) is 1. The maximum atomic E-state index is 16.9. The van der Waals surface area contributed by atoms with E-state index in [0.29, 0.717) is 29.7 Å². The third kappa shape index (κ3) is 4.26. The molecule has 2 unspecified atom stereocenters. The molecular weight excluding hydrogens is 569 g/mol. The Morgan fingerprint density at radius 3 is 2.98 bits per heavy atom. The number of piperidine rings is 2. The van der Waals surface area contributed by atoms with Crippen LogP contribution >= 0.6 is 0 Å². The standard InChI is InChI=1S/C33H31F3N6O2/c1-2-23-26(35)7-4-18-10-22(43)11-24(27(18)23)29-28(36)30-25(14-38-29)31(42-16-20-5-6-21(42)13-37-20)40-32(39-30)44-17-33-8-3-9-41(33)15-19(34)12-33/h1,4,7,10-11,14,19-21,37,43H,3,5-6,8-9,12-13,15-17H2/t19-,20?,21?,33+/m0/s1/i1D,9D2,19D. The summed E-state index contributed by atoms with van der Waals surface area (Å²) >= 11 is 0. The second kappa shape index (κ2) is 10.2. The Labute approximate surface area is 257 Å². The number of rotatable bonds is 5. The number of alkyl halides is 1. The monoisotopic (exact) mass is 604 g/mol. The molecule has 5 saturated heterocycles. The van der Waals surface area contributed by atoms with Crippen LogP contribution in [0.5, 0.6) is 11.8 Å². The zero-order valence-corrected chi connectivity index (χ0v) is 23.6. The van der Waals surface area contributed by atoms with E-state index in [1.807, 2.05) is 6.40 Å². The second-order valence-electron chi connectivity index (χ2n) is 12.1. The molecule has 226 valence electrons. The number of anilines is 1. The molecule has 4 atom stereocenters. The molecule has 5 fully saturated rings. The van der Waals surface area contributed by atoms with Crippen molar-refractivity contribution in [3.8, 4) is 35.3 Å². The number of hydrogen-bond acceptors (Lipinski definition) is 8. The van der Waals surface area contributed by atoms with E-state index in [-0.39, 0.29) is 77.4 Å². The molecule has 5 aliphatic rings. The second-order valence-corrected chi connectivity index (χ2v) is 12.1. The van der Waals surface area contributed by atoms with E-state index in [2.05, 4.69) is 26.1 Å². The van der Waals surface area contributed by atoms with Gasteiger partial charge in [-0.1, -0.05) is 12.0 Å². The zero-order valence-electron chi connectivity index (χ0n) is 27.6. The number of phenolic OH excluding ortho intramolecular Hbond substituents is 1. The molecule has 2 aromatic heterocycles. The minimum absolute atomic E-state index is 0.0499. The largest absolute Gasteiger partial charge is 0.508 e. The first-order chi connectivity index (χ1) is 22.9. The van der Waals surface area contributed by atoms with Gasteiger partial charge in [-0.05, 0) is 55.8 Å². The third-order valence-corrected chi connectivity index (χ3v) is 9.48. The van der Waals surface area contributed by atoms with Crippen LogP contribution in [0, 0.1) is 24.0 Å². The third-order valence-electron chi connectivity index (χ3n) is 9.48. The molecule has 2 N–H and O–H groups in total. The fraction of sp³-hybridized carbons (Fsp3) is 0.424. The molecule has 0 radical (unpaired) electrons. The molecule has 2 aromatic carbocycles. The van der Waals surface area contributed by atoms with Crippen molar-refractivity contribution < 1.29 is 28.5 Å². The lowest BCUT2D eigenvalue weighted by atomic mass is 9.92. The minimum Gasteiger partial charge on any atom is -0.508 e. The van der Waals surface area contributed by atoms with Crippen LogP contribution in [0.2, 0.25) is 0 Å². The quantitative estimate of drug-likeness (QED) is 0.317. The number of halogens is 3. The number of phenols is 1. The van der Waals surface area contributed by atoms with Crippen LogP contribution in [-0.2, 0) is 0 Å². The molecular formula is C33H31F3N6O2. The first kappa shape index (κ1) is 23.3. The van der Waals surface area contributed by atoms with E-state index >= 15 is 4.39 Å². The summed E-state index contributed by atoms with van der Waals surface area (Å²) in [6, 6.07) is 5.30. The lowest BCUT2D eigenvalue weighted by Gasteiger charge is -2.46. The van der Waals surface area contributed by atoms with E-state index in [1.54, 1.807) is 0 Å². The van der Waals surface area contributed by atoms with E-state index in [0.717, 1.165) is 18.9 Å². The van der Waals surface area contributed by atoms with Crippen molar-refractivity contribution in [1.82, 2.24) is 25.2 Å². The van der Waals surface area contributed by atoms with Gasteiger partial charge in [0.05, 0.1) is 17.9 Å².